The third-order valence-electron chi connectivity index (χ3n) is 4.93. The number of carbonyl (C=O) groups is 1. The SMILES string of the molecule is O=C(c1ccc(-c2ccccc2Cl)o1)N1CCN(S(=O)(=O)c2ccc(F)cc2)CC1. The molecule has 1 aromatic heterocycles. The van der Waals surface area contributed by atoms with Crippen LogP contribution in [-0.2, 0) is 10.0 Å². The van der Waals surface area contributed by atoms with Gasteiger partial charge in [0.15, 0.2) is 5.76 Å². The van der Waals surface area contributed by atoms with Gasteiger partial charge in [0, 0.05) is 31.7 Å². The molecule has 156 valence electrons. The third-order valence-corrected chi connectivity index (χ3v) is 7.18. The highest BCUT2D eigenvalue weighted by molar-refractivity contribution is 7.89. The first-order valence-electron chi connectivity index (χ1n) is 9.26. The number of sulfonamides is 1. The molecule has 3 aromatic rings. The molecule has 2 heterocycles. The van der Waals surface area contributed by atoms with Gasteiger partial charge in [0.2, 0.25) is 10.0 Å². The summed E-state index contributed by atoms with van der Waals surface area (Å²) in [5, 5.41) is 0.519. The molecule has 1 saturated heterocycles. The summed E-state index contributed by atoms with van der Waals surface area (Å²) in [6.45, 7) is 0.732. The van der Waals surface area contributed by atoms with E-state index in [1.165, 1.54) is 16.4 Å². The Balaban J connectivity index is 1.44. The van der Waals surface area contributed by atoms with Gasteiger partial charge in [-0.2, -0.15) is 4.31 Å². The summed E-state index contributed by atoms with van der Waals surface area (Å²) < 4.78 is 45.5. The van der Waals surface area contributed by atoms with Crippen LogP contribution in [-0.4, -0.2) is 49.7 Å². The van der Waals surface area contributed by atoms with Crippen molar-refractivity contribution in [2.24, 2.45) is 0 Å². The van der Waals surface area contributed by atoms with Crippen molar-refractivity contribution >= 4 is 27.5 Å². The standard InChI is InChI=1S/C21H18ClFN2O4S/c22-18-4-2-1-3-17(18)19-9-10-20(29-19)21(26)24-11-13-25(14-12-24)30(27,28)16-7-5-15(23)6-8-16/h1-10H,11-14H2. The molecule has 9 heteroatoms. The summed E-state index contributed by atoms with van der Waals surface area (Å²) in [4.78, 5) is 14.4. The number of piperazine rings is 1. The van der Waals surface area contributed by atoms with Gasteiger partial charge in [-0.15, -0.1) is 0 Å². The second kappa shape index (κ2) is 8.22. The zero-order valence-corrected chi connectivity index (χ0v) is 17.4. The van der Waals surface area contributed by atoms with Crippen LogP contribution in [0.3, 0.4) is 0 Å². The second-order valence-electron chi connectivity index (χ2n) is 6.79. The minimum atomic E-state index is -3.74. The fourth-order valence-corrected chi connectivity index (χ4v) is 4.95. The van der Waals surface area contributed by atoms with Crippen LogP contribution in [0.25, 0.3) is 11.3 Å². The lowest BCUT2D eigenvalue weighted by Gasteiger charge is -2.33. The quantitative estimate of drug-likeness (QED) is 0.607. The summed E-state index contributed by atoms with van der Waals surface area (Å²) in [6.07, 6.45) is 0. The van der Waals surface area contributed by atoms with E-state index in [1.807, 2.05) is 6.07 Å². The predicted molar refractivity (Wildman–Crippen MR) is 110 cm³/mol. The van der Waals surface area contributed by atoms with Crippen molar-refractivity contribution < 1.29 is 22.0 Å². The summed E-state index contributed by atoms with van der Waals surface area (Å²) in [6, 6.07) is 15.1. The molecular formula is C21H18ClFN2O4S. The van der Waals surface area contributed by atoms with E-state index in [0.29, 0.717) is 16.3 Å². The highest BCUT2D eigenvalue weighted by Gasteiger charge is 2.31. The number of nitrogens with zero attached hydrogens (tertiary/aromatic N) is 2. The molecule has 1 aliphatic heterocycles. The highest BCUT2D eigenvalue weighted by Crippen LogP contribution is 2.29. The van der Waals surface area contributed by atoms with Gasteiger partial charge in [-0.1, -0.05) is 23.7 Å². The minimum absolute atomic E-state index is 0.0269. The van der Waals surface area contributed by atoms with Crippen LogP contribution in [0.2, 0.25) is 5.02 Å². The van der Waals surface area contributed by atoms with E-state index in [4.69, 9.17) is 16.0 Å². The number of carbonyl (C=O) groups excluding carboxylic acids is 1. The van der Waals surface area contributed by atoms with Gasteiger partial charge in [-0.25, -0.2) is 12.8 Å². The largest absolute Gasteiger partial charge is 0.451 e. The molecule has 0 bridgehead atoms. The Morgan fingerprint density at radius 2 is 1.60 bits per heavy atom. The lowest BCUT2D eigenvalue weighted by molar-refractivity contribution is 0.0667. The Bertz CT molecular complexity index is 1170. The molecule has 1 amide bonds. The van der Waals surface area contributed by atoms with Crippen molar-refractivity contribution in [3.63, 3.8) is 0 Å². The second-order valence-corrected chi connectivity index (χ2v) is 9.14. The van der Waals surface area contributed by atoms with Gasteiger partial charge in [0.1, 0.15) is 11.6 Å². The Morgan fingerprint density at radius 1 is 0.933 bits per heavy atom. The molecule has 0 radical (unpaired) electrons. The summed E-state index contributed by atoms with van der Waals surface area (Å²) in [5.74, 6) is -0.160. The topological polar surface area (TPSA) is 70.8 Å². The van der Waals surface area contributed by atoms with E-state index < -0.39 is 15.8 Å². The van der Waals surface area contributed by atoms with Crippen LogP contribution >= 0.6 is 11.6 Å². The molecule has 0 saturated carbocycles. The van der Waals surface area contributed by atoms with Gasteiger partial charge in [-0.3, -0.25) is 4.79 Å². The van der Waals surface area contributed by atoms with E-state index in [2.05, 4.69) is 0 Å². The van der Waals surface area contributed by atoms with Crippen molar-refractivity contribution in [1.82, 2.24) is 9.21 Å². The molecule has 0 spiro atoms. The number of rotatable bonds is 4. The Morgan fingerprint density at radius 3 is 2.27 bits per heavy atom. The third kappa shape index (κ3) is 3.98. The van der Waals surface area contributed by atoms with Gasteiger partial charge in [-0.05, 0) is 48.5 Å². The molecule has 30 heavy (non-hydrogen) atoms. The van der Waals surface area contributed by atoms with Crippen molar-refractivity contribution in [3.8, 4) is 11.3 Å². The van der Waals surface area contributed by atoms with Crippen LogP contribution in [0, 0.1) is 5.82 Å². The molecule has 0 N–H and O–H groups in total. The van der Waals surface area contributed by atoms with Crippen LogP contribution in [0.4, 0.5) is 4.39 Å². The average molecular weight is 449 g/mol. The van der Waals surface area contributed by atoms with E-state index in [1.54, 1.807) is 35.2 Å². The number of halogens is 2. The van der Waals surface area contributed by atoms with Crippen LogP contribution < -0.4 is 0 Å². The van der Waals surface area contributed by atoms with Crippen LogP contribution in [0.1, 0.15) is 10.6 Å². The summed E-state index contributed by atoms with van der Waals surface area (Å²) in [5.41, 5.74) is 0.688. The molecule has 4 rings (SSSR count). The molecule has 0 aliphatic carbocycles. The molecular weight excluding hydrogens is 431 g/mol. The molecule has 0 atom stereocenters. The molecule has 1 aliphatic rings. The average Bonchev–Trinajstić information content (AvgIpc) is 3.24. The van der Waals surface area contributed by atoms with Gasteiger partial charge in [0.05, 0.1) is 9.92 Å². The first kappa shape index (κ1) is 20.6. The smallest absolute Gasteiger partial charge is 0.289 e. The minimum Gasteiger partial charge on any atom is -0.451 e. The summed E-state index contributed by atoms with van der Waals surface area (Å²) >= 11 is 6.18. The maximum Gasteiger partial charge on any atom is 0.289 e. The number of hydrogen-bond donors (Lipinski definition) is 0. The maximum absolute atomic E-state index is 13.1. The van der Waals surface area contributed by atoms with Gasteiger partial charge >= 0.3 is 0 Å². The lowest BCUT2D eigenvalue weighted by atomic mass is 10.2. The first-order chi connectivity index (χ1) is 14.4. The van der Waals surface area contributed by atoms with Gasteiger partial charge in [0.25, 0.3) is 5.91 Å². The Kier molecular flexibility index (Phi) is 5.64. The monoisotopic (exact) mass is 448 g/mol. The molecule has 6 nitrogen and oxygen atoms in total. The Hall–Kier alpha value is -2.68. The van der Waals surface area contributed by atoms with E-state index in [0.717, 1.165) is 12.1 Å². The molecule has 2 aromatic carbocycles. The van der Waals surface area contributed by atoms with Crippen molar-refractivity contribution in [1.29, 1.82) is 0 Å². The summed E-state index contributed by atoms with van der Waals surface area (Å²) in [7, 11) is -3.74. The maximum atomic E-state index is 13.1. The molecule has 0 unspecified atom stereocenters. The van der Waals surface area contributed by atoms with E-state index in [9.17, 15) is 17.6 Å². The number of furan rings is 1. The first-order valence-corrected chi connectivity index (χ1v) is 11.1. The zero-order valence-electron chi connectivity index (χ0n) is 15.8. The van der Waals surface area contributed by atoms with Crippen molar-refractivity contribution in [2.75, 3.05) is 26.2 Å². The fourth-order valence-electron chi connectivity index (χ4n) is 3.30. The van der Waals surface area contributed by atoms with E-state index in [-0.39, 0.29) is 42.7 Å². The van der Waals surface area contributed by atoms with Crippen LogP contribution in [0.5, 0.6) is 0 Å². The number of benzene rings is 2. The fraction of sp³-hybridized carbons (Fsp3) is 0.190. The van der Waals surface area contributed by atoms with Gasteiger partial charge < -0.3 is 9.32 Å². The Labute approximate surface area is 178 Å². The number of hydrogen-bond acceptors (Lipinski definition) is 4. The zero-order chi connectivity index (χ0) is 21.3. The van der Waals surface area contributed by atoms with E-state index >= 15 is 0 Å². The van der Waals surface area contributed by atoms with Crippen molar-refractivity contribution in [3.05, 3.63) is 77.3 Å². The number of amides is 1. The molecule has 1 fully saturated rings. The van der Waals surface area contributed by atoms with Crippen LogP contribution in [0.15, 0.2) is 70.0 Å². The highest BCUT2D eigenvalue weighted by atomic mass is 35.5. The lowest BCUT2D eigenvalue weighted by Crippen LogP contribution is -2.50. The normalized spacial score (nSPS) is 15.3. The predicted octanol–water partition coefficient (Wildman–Crippen LogP) is 3.89. The van der Waals surface area contributed by atoms with Crippen molar-refractivity contribution in [2.45, 2.75) is 4.90 Å².